The number of piperazine rings is 1. The lowest BCUT2D eigenvalue weighted by molar-refractivity contribution is -0.137. The van der Waals surface area contributed by atoms with Crippen molar-refractivity contribution in [3.63, 3.8) is 0 Å². The Labute approximate surface area is 180 Å². The molecule has 0 spiro atoms. The van der Waals surface area contributed by atoms with Crippen molar-refractivity contribution in [1.82, 2.24) is 4.90 Å². The largest absolute Gasteiger partial charge is 0.490 e. The van der Waals surface area contributed by atoms with Gasteiger partial charge in [0.1, 0.15) is 0 Å². The molecule has 0 unspecified atom stereocenters. The van der Waals surface area contributed by atoms with Crippen molar-refractivity contribution in [3.8, 4) is 11.5 Å². The smallest absolute Gasteiger partial charge is 0.416 e. The van der Waals surface area contributed by atoms with Crippen LogP contribution >= 0.6 is 0 Å². The summed E-state index contributed by atoms with van der Waals surface area (Å²) in [5, 5.41) is 0. The fourth-order valence-electron chi connectivity index (χ4n) is 3.47. The lowest BCUT2D eigenvalue weighted by atomic mass is 10.1. The van der Waals surface area contributed by atoms with E-state index < -0.39 is 11.7 Å². The number of rotatable bonds is 7. The summed E-state index contributed by atoms with van der Waals surface area (Å²) < 4.78 is 50.3. The van der Waals surface area contributed by atoms with Crippen molar-refractivity contribution >= 4 is 11.6 Å². The van der Waals surface area contributed by atoms with E-state index in [2.05, 4.69) is 0 Å². The second-order valence-corrected chi connectivity index (χ2v) is 7.27. The molecule has 0 aliphatic carbocycles. The molecule has 0 N–H and O–H groups in total. The highest BCUT2D eigenvalue weighted by Crippen LogP contribution is 2.32. The van der Waals surface area contributed by atoms with Gasteiger partial charge in [0.2, 0.25) is 0 Å². The zero-order valence-corrected chi connectivity index (χ0v) is 17.7. The first kappa shape index (κ1) is 22.8. The van der Waals surface area contributed by atoms with Crippen LogP contribution < -0.4 is 14.4 Å². The topological polar surface area (TPSA) is 42.0 Å². The average Bonchev–Trinajstić information content (AvgIpc) is 2.77. The summed E-state index contributed by atoms with van der Waals surface area (Å²) in [6, 6.07) is 10.4. The van der Waals surface area contributed by atoms with Crippen LogP contribution in [0.4, 0.5) is 18.9 Å². The van der Waals surface area contributed by atoms with Crippen molar-refractivity contribution in [2.24, 2.45) is 0 Å². The van der Waals surface area contributed by atoms with Crippen molar-refractivity contribution in [2.75, 3.05) is 44.3 Å². The Bertz CT molecular complexity index is 894. The highest BCUT2D eigenvalue weighted by Gasteiger charge is 2.31. The molecule has 5 nitrogen and oxygen atoms in total. The molecular formula is C23H27F3N2O3. The van der Waals surface area contributed by atoms with Crippen LogP contribution in [0, 0.1) is 0 Å². The van der Waals surface area contributed by atoms with E-state index in [1.807, 2.05) is 18.7 Å². The van der Waals surface area contributed by atoms with E-state index in [1.165, 1.54) is 6.07 Å². The van der Waals surface area contributed by atoms with Crippen molar-refractivity contribution in [3.05, 3.63) is 53.6 Å². The normalized spacial score (nSPS) is 14.5. The van der Waals surface area contributed by atoms with Gasteiger partial charge in [0.05, 0.1) is 18.8 Å². The van der Waals surface area contributed by atoms with Crippen LogP contribution in [-0.4, -0.2) is 50.2 Å². The van der Waals surface area contributed by atoms with Gasteiger partial charge in [0.15, 0.2) is 11.5 Å². The Morgan fingerprint density at radius 2 is 1.71 bits per heavy atom. The summed E-state index contributed by atoms with van der Waals surface area (Å²) in [6.07, 6.45) is -3.51. The minimum atomic E-state index is -4.38. The van der Waals surface area contributed by atoms with Gasteiger partial charge in [-0.1, -0.05) is 13.0 Å². The van der Waals surface area contributed by atoms with E-state index in [9.17, 15) is 18.0 Å². The molecule has 168 valence electrons. The Hall–Kier alpha value is -2.90. The fourth-order valence-corrected chi connectivity index (χ4v) is 3.47. The maximum Gasteiger partial charge on any atom is 0.416 e. The van der Waals surface area contributed by atoms with Crippen LogP contribution in [0.3, 0.4) is 0 Å². The van der Waals surface area contributed by atoms with Crippen LogP contribution in [0.5, 0.6) is 11.5 Å². The molecule has 0 saturated carbocycles. The second kappa shape index (κ2) is 9.94. The van der Waals surface area contributed by atoms with Gasteiger partial charge in [-0.3, -0.25) is 4.79 Å². The predicted molar refractivity (Wildman–Crippen MR) is 113 cm³/mol. The number of hydrogen-bond acceptors (Lipinski definition) is 4. The van der Waals surface area contributed by atoms with Gasteiger partial charge in [-0.15, -0.1) is 0 Å². The number of benzene rings is 2. The molecule has 1 saturated heterocycles. The highest BCUT2D eigenvalue weighted by atomic mass is 19.4. The third-order valence-corrected chi connectivity index (χ3v) is 5.06. The number of halogens is 3. The Morgan fingerprint density at radius 1 is 0.968 bits per heavy atom. The molecule has 2 aromatic rings. The summed E-state index contributed by atoms with van der Waals surface area (Å²) in [6.45, 7) is 6.66. The van der Waals surface area contributed by atoms with Crippen molar-refractivity contribution in [2.45, 2.75) is 26.4 Å². The number of ether oxygens (including phenoxy) is 2. The summed E-state index contributed by atoms with van der Waals surface area (Å²) in [5.74, 6) is 1.01. The SMILES string of the molecule is CCCOc1ccc(C(=O)N2CCN(c3cccc(C(F)(F)F)c3)CC2)cc1OCC. The monoisotopic (exact) mass is 436 g/mol. The first-order valence-corrected chi connectivity index (χ1v) is 10.4. The summed E-state index contributed by atoms with van der Waals surface area (Å²) in [4.78, 5) is 16.6. The van der Waals surface area contributed by atoms with Crippen LogP contribution in [0.25, 0.3) is 0 Å². The second-order valence-electron chi connectivity index (χ2n) is 7.27. The van der Waals surface area contributed by atoms with Crippen LogP contribution in [-0.2, 0) is 6.18 Å². The maximum atomic E-state index is 13.0. The van der Waals surface area contributed by atoms with E-state index >= 15 is 0 Å². The molecule has 1 amide bonds. The van der Waals surface area contributed by atoms with E-state index in [1.54, 1.807) is 29.2 Å². The van der Waals surface area contributed by atoms with Gasteiger partial charge in [-0.2, -0.15) is 13.2 Å². The lowest BCUT2D eigenvalue weighted by Gasteiger charge is -2.36. The standard InChI is InChI=1S/C23H27F3N2O3/c1-3-14-31-20-9-8-17(15-21(20)30-4-2)22(29)28-12-10-27(11-13-28)19-7-5-6-18(16-19)23(24,25)26/h5-9,15-16H,3-4,10-14H2,1-2H3. The highest BCUT2D eigenvalue weighted by molar-refractivity contribution is 5.95. The molecule has 1 fully saturated rings. The van der Waals surface area contributed by atoms with Gasteiger partial charge in [0, 0.05) is 37.4 Å². The average molecular weight is 436 g/mol. The molecule has 0 radical (unpaired) electrons. The van der Waals surface area contributed by atoms with Crippen molar-refractivity contribution in [1.29, 1.82) is 0 Å². The first-order valence-electron chi connectivity index (χ1n) is 10.4. The van der Waals surface area contributed by atoms with Gasteiger partial charge in [0.25, 0.3) is 5.91 Å². The summed E-state index contributed by atoms with van der Waals surface area (Å²) in [5.41, 5.74) is 0.343. The number of carbonyl (C=O) groups excluding carboxylic acids is 1. The zero-order chi connectivity index (χ0) is 22.4. The molecule has 3 rings (SSSR count). The third-order valence-electron chi connectivity index (χ3n) is 5.06. The molecule has 31 heavy (non-hydrogen) atoms. The molecule has 0 atom stereocenters. The predicted octanol–water partition coefficient (Wildman–Crippen LogP) is 4.86. The third kappa shape index (κ3) is 5.62. The van der Waals surface area contributed by atoms with Gasteiger partial charge in [-0.25, -0.2) is 0 Å². The van der Waals surface area contributed by atoms with E-state index in [-0.39, 0.29) is 5.91 Å². The molecular weight excluding hydrogens is 409 g/mol. The number of amides is 1. The number of hydrogen-bond donors (Lipinski definition) is 0. The first-order chi connectivity index (χ1) is 14.8. The van der Waals surface area contributed by atoms with Crippen LogP contribution in [0.15, 0.2) is 42.5 Å². The molecule has 0 aromatic heterocycles. The van der Waals surface area contributed by atoms with Crippen LogP contribution in [0.2, 0.25) is 0 Å². The van der Waals surface area contributed by atoms with Gasteiger partial charge < -0.3 is 19.3 Å². The molecule has 1 aliphatic rings. The van der Waals surface area contributed by atoms with Gasteiger partial charge >= 0.3 is 6.18 Å². The zero-order valence-electron chi connectivity index (χ0n) is 17.7. The van der Waals surface area contributed by atoms with Crippen LogP contribution in [0.1, 0.15) is 36.2 Å². The number of nitrogens with zero attached hydrogens (tertiary/aromatic N) is 2. The van der Waals surface area contributed by atoms with E-state index in [0.29, 0.717) is 62.1 Å². The van der Waals surface area contributed by atoms with E-state index in [4.69, 9.17) is 9.47 Å². The molecule has 2 aromatic carbocycles. The number of alkyl halides is 3. The summed E-state index contributed by atoms with van der Waals surface area (Å²) >= 11 is 0. The Balaban J connectivity index is 1.67. The van der Waals surface area contributed by atoms with Crippen molar-refractivity contribution < 1.29 is 27.4 Å². The maximum absolute atomic E-state index is 13.0. The number of anilines is 1. The van der Waals surface area contributed by atoms with E-state index in [0.717, 1.165) is 18.6 Å². The quantitative estimate of drug-likeness (QED) is 0.622. The minimum Gasteiger partial charge on any atom is -0.490 e. The Morgan fingerprint density at radius 3 is 2.35 bits per heavy atom. The van der Waals surface area contributed by atoms with Gasteiger partial charge in [-0.05, 0) is 49.7 Å². The summed E-state index contributed by atoms with van der Waals surface area (Å²) in [7, 11) is 0. The minimum absolute atomic E-state index is 0.133. The fraction of sp³-hybridized carbons (Fsp3) is 0.435. The lowest BCUT2D eigenvalue weighted by Crippen LogP contribution is -2.48. The molecule has 0 bridgehead atoms. The molecule has 1 heterocycles. The Kier molecular flexibility index (Phi) is 7.30. The number of carbonyl (C=O) groups is 1. The molecule has 1 aliphatic heterocycles. The molecule has 8 heteroatoms.